The van der Waals surface area contributed by atoms with Crippen LogP contribution >= 0.6 is 0 Å². The van der Waals surface area contributed by atoms with Gasteiger partial charge in [-0.2, -0.15) is 0 Å². The topological polar surface area (TPSA) is 42.9 Å². The second-order valence-corrected chi connectivity index (χ2v) is 6.85. The van der Waals surface area contributed by atoms with Crippen LogP contribution in [0.15, 0.2) is 48.8 Å². The SMILES string of the molecule is O=C1CCCCCCCCC(c2ccccn2)(c2ccccn2)C1. The summed E-state index contributed by atoms with van der Waals surface area (Å²) in [6.07, 6.45) is 12.8. The highest BCUT2D eigenvalue weighted by atomic mass is 16.1. The van der Waals surface area contributed by atoms with Crippen molar-refractivity contribution in [2.75, 3.05) is 0 Å². The Morgan fingerprint density at radius 1 is 0.750 bits per heavy atom. The lowest BCUT2D eigenvalue weighted by atomic mass is 9.72. The first-order chi connectivity index (χ1) is 11.8. The van der Waals surface area contributed by atoms with Crippen molar-refractivity contribution in [1.29, 1.82) is 0 Å². The zero-order valence-corrected chi connectivity index (χ0v) is 14.3. The highest BCUT2D eigenvalue weighted by molar-refractivity contribution is 5.80. The summed E-state index contributed by atoms with van der Waals surface area (Å²) in [5, 5.41) is 0. The largest absolute Gasteiger partial charge is 0.300 e. The van der Waals surface area contributed by atoms with Gasteiger partial charge in [0.15, 0.2) is 0 Å². The first-order valence-electron chi connectivity index (χ1n) is 9.16. The van der Waals surface area contributed by atoms with Crippen LogP contribution in [0.4, 0.5) is 0 Å². The second kappa shape index (κ2) is 8.18. The number of pyridine rings is 2. The summed E-state index contributed by atoms with van der Waals surface area (Å²) in [6, 6.07) is 12.0. The molecule has 0 spiro atoms. The van der Waals surface area contributed by atoms with Gasteiger partial charge in [0, 0.05) is 25.2 Å². The molecule has 1 aliphatic carbocycles. The lowest BCUT2D eigenvalue weighted by molar-refractivity contribution is -0.120. The van der Waals surface area contributed by atoms with E-state index < -0.39 is 0 Å². The van der Waals surface area contributed by atoms with E-state index in [-0.39, 0.29) is 5.41 Å². The molecule has 0 aromatic carbocycles. The van der Waals surface area contributed by atoms with E-state index in [9.17, 15) is 4.79 Å². The maximum atomic E-state index is 12.7. The van der Waals surface area contributed by atoms with Crippen molar-refractivity contribution in [3.05, 3.63) is 60.2 Å². The van der Waals surface area contributed by atoms with E-state index >= 15 is 0 Å². The number of hydrogen-bond donors (Lipinski definition) is 0. The molecule has 1 fully saturated rings. The Morgan fingerprint density at radius 2 is 1.33 bits per heavy atom. The average molecular weight is 322 g/mol. The van der Waals surface area contributed by atoms with Gasteiger partial charge in [-0.15, -0.1) is 0 Å². The molecule has 3 nitrogen and oxygen atoms in total. The Balaban J connectivity index is 2.04. The molecule has 2 aromatic rings. The summed E-state index contributed by atoms with van der Waals surface area (Å²) < 4.78 is 0. The summed E-state index contributed by atoms with van der Waals surface area (Å²) in [7, 11) is 0. The number of rotatable bonds is 2. The number of hydrogen-bond acceptors (Lipinski definition) is 3. The third-order valence-corrected chi connectivity index (χ3v) is 5.12. The molecule has 1 aliphatic rings. The average Bonchev–Trinajstić information content (AvgIpc) is 2.68. The third-order valence-electron chi connectivity index (χ3n) is 5.12. The zero-order valence-electron chi connectivity index (χ0n) is 14.3. The van der Waals surface area contributed by atoms with E-state index in [2.05, 4.69) is 22.1 Å². The fraction of sp³-hybridized carbons (Fsp3) is 0.476. The van der Waals surface area contributed by atoms with Crippen molar-refractivity contribution < 1.29 is 4.79 Å². The van der Waals surface area contributed by atoms with Crippen LogP contribution in [0.25, 0.3) is 0 Å². The van der Waals surface area contributed by atoms with Crippen LogP contribution in [0.2, 0.25) is 0 Å². The third kappa shape index (κ3) is 3.89. The number of carbonyl (C=O) groups is 1. The quantitative estimate of drug-likeness (QED) is 0.793. The van der Waals surface area contributed by atoms with Gasteiger partial charge in [-0.3, -0.25) is 14.8 Å². The van der Waals surface area contributed by atoms with Crippen LogP contribution in [0, 0.1) is 0 Å². The van der Waals surface area contributed by atoms with Gasteiger partial charge in [0.1, 0.15) is 5.78 Å². The Bertz CT molecular complexity index is 600. The Hall–Kier alpha value is -2.03. The van der Waals surface area contributed by atoms with Crippen LogP contribution < -0.4 is 0 Å². The predicted molar refractivity (Wildman–Crippen MR) is 95.8 cm³/mol. The second-order valence-electron chi connectivity index (χ2n) is 6.85. The van der Waals surface area contributed by atoms with E-state index in [4.69, 9.17) is 0 Å². The van der Waals surface area contributed by atoms with Gasteiger partial charge in [-0.1, -0.05) is 44.2 Å². The van der Waals surface area contributed by atoms with Crippen molar-refractivity contribution in [3.63, 3.8) is 0 Å². The molecule has 3 rings (SSSR count). The van der Waals surface area contributed by atoms with E-state index in [1.165, 1.54) is 25.7 Å². The van der Waals surface area contributed by atoms with Gasteiger partial charge in [0.25, 0.3) is 0 Å². The summed E-state index contributed by atoms with van der Waals surface area (Å²) in [4.78, 5) is 22.0. The molecule has 0 bridgehead atoms. The van der Waals surface area contributed by atoms with Crippen LogP contribution in [0.3, 0.4) is 0 Å². The first-order valence-corrected chi connectivity index (χ1v) is 9.16. The van der Waals surface area contributed by atoms with Crippen molar-refractivity contribution in [1.82, 2.24) is 9.97 Å². The molecule has 1 saturated carbocycles. The maximum Gasteiger partial charge on any atom is 0.134 e. The Morgan fingerprint density at radius 3 is 1.92 bits per heavy atom. The first kappa shape index (κ1) is 16.8. The predicted octanol–water partition coefficient (Wildman–Crippen LogP) is 4.86. The van der Waals surface area contributed by atoms with Gasteiger partial charge in [0.2, 0.25) is 0 Å². The fourth-order valence-corrected chi connectivity index (χ4v) is 3.83. The molecule has 0 radical (unpaired) electrons. The fourth-order valence-electron chi connectivity index (χ4n) is 3.83. The molecule has 2 aromatic heterocycles. The summed E-state index contributed by atoms with van der Waals surface area (Å²) in [5.74, 6) is 0.341. The summed E-state index contributed by atoms with van der Waals surface area (Å²) in [6.45, 7) is 0. The standard InChI is InChI=1S/C21H26N2O/c24-18-11-5-3-1-2-4-8-14-21(17-18,19-12-6-9-15-22-19)20-13-7-10-16-23-20/h6-7,9-10,12-13,15-16H,1-5,8,11,14,17H2. The molecule has 0 unspecified atom stereocenters. The number of aromatic nitrogens is 2. The smallest absolute Gasteiger partial charge is 0.134 e. The van der Waals surface area contributed by atoms with Gasteiger partial charge in [-0.05, 0) is 37.1 Å². The van der Waals surface area contributed by atoms with Crippen LogP contribution in [-0.2, 0) is 10.2 Å². The van der Waals surface area contributed by atoms with E-state index in [0.29, 0.717) is 18.6 Å². The Labute approximate surface area is 144 Å². The number of carbonyl (C=O) groups excluding carboxylic acids is 1. The highest BCUT2D eigenvalue weighted by Gasteiger charge is 2.38. The van der Waals surface area contributed by atoms with Gasteiger partial charge >= 0.3 is 0 Å². The van der Waals surface area contributed by atoms with Crippen molar-refractivity contribution in [2.45, 2.75) is 63.2 Å². The van der Waals surface area contributed by atoms with Crippen molar-refractivity contribution >= 4 is 5.78 Å². The Kier molecular flexibility index (Phi) is 5.73. The van der Waals surface area contributed by atoms with Crippen LogP contribution in [0.1, 0.15) is 69.2 Å². The molecule has 3 heteroatoms. The minimum atomic E-state index is -0.385. The molecule has 0 amide bonds. The van der Waals surface area contributed by atoms with Crippen LogP contribution in [0.5, 0.6) is 0 Å². The molecule has 2 heterocycles. The molecule has 0 atom stereocenters. The maximum absolute atomic E-state index is 12.7. The van der Waals surface area contributed by atoms with Gasteiger partial charge in [0.05, 0.1) is 16.8 Å². The van der Waals surface area contributed by atoms with E-state index in [1.54, 1.807) is 0 Å². The van der Waals surface area contributed by atoms with E-state index in [1.807, 2.05) is 36.7 Å². The lowest BCUT2D eigenvalue weighted by Gasteiger charge is -2.32. The van der Waals surface area contributed by atoms with E-state index in [0.717, 1.165) is 30.7 Å². The summed E-state index contributed by atoms with van der Waals surface area (Å²) in [5.41, 5.74) is 1.58. The molecule has 0 N–H and O–H groups in total. The number of Topliss-reactive ketones (excluding diaryl/α,β-unsaturated/α-hetero) is 1. The van der Waals surface area contributed by atoms with Crippen LogP contribution in [-0.4, -0.2) is 15.8 Å². The molecule has 0 saturated heterocycles. The molecule has 126 valence electrons. The summed E-state index contributed by atoms with van der Waals surface area (Å²) >= 11 is 0. The zero-order chi connectivity index (χ0) is 16.7. The van der Waals surface area contributed by atoms with Crippen molar-refractivity contribution in [3.8, 4) is 0 Å². The van der Waals surface area contributed by atoms with Gasteiger partial charge in [-0.25, -0.2) is 0 Å². The van der Waals surface area contributed by atoms with Crippen molar-refractivity contribution in [2.24, 2.45) is 0 Å². The number of nitrogens with zero attached hydrogens (tertiary/aromatic N) is 2. The minimum absolute atomic E-state index is 0.341. The molecule has 24 heavy (non-hydrogen) atoms. The monoisotopic (exact) mass is 322 g/mol. The minimum Gasteiger partial charge on any atom is -0.300 e. The molecular formula is C21H26N2O. The number of ketones is 1. The molecule has 0 aliphatic heterocycles. The lowest BCUT2D eigenvalue weighted by Crippen LogP contribution is -2.33. The van der Waals surface area contributed by atoms with Gasteiger partial charge < -0.3 is 0 Å². The normalized spacial score (nSPS) is 19.4. The molecular weight excluding hydrogens is 296 g/mol. The highest BCUT2D eigenvalue weighted by Crippen LogP contribution is 2.39.